The predicted octanol–water partition coefficient (Wildman–Crippen LogP) is 4.31. The van der Waals surface area contributed by atoms with E-state index in [9.17, 15) is 24.3 Å². The molecule has 0 spiro atoms. The van der Waals surface area contributed by atoms with Crippen LogP contribution in [0.1, 0.15) is 82.1 Å². The average Bonchev–Trinajstić information content (AvgIpc) is 3.50. The normalized spacial score (nSPS) is 23.7. The highest BCUT2D eigenvalue weighted by Gasteiger charge is 2.49. The third-order valence-corrected chi connectivity index (χ3v) is 11.2. The van der Waals surface area contributed by atoms with Crippen molar-refractivity contribution in [1.29, 1.82) is 0 Å². The molecular formula is C41H61N5O8. The van der Waals surface area contributed by atoms with Crippen LogP contribution in [0.5, 0.6) is 5.75 Å². The molecule has 54 heavy (non-hydrogen) atoms. The van der Waals surface area contributed by atoms with Crippen LogP contribution in [0.4, 0.5) is 5.69 Å². The Bertz CT molecular complexity index is 1630. The van der Waals surface area contributed by atoms with E-state index in [1.807, 2.05) is 55.4 Å². The molecule has 3 unspecified atom stereocenters. The number of carbonyl (C=O) groups excluding carboxylic acids is 4. The molecule has 298 valence electrons. The summed E-state index contributed by atoms with van der Waals surface area (Å²) in [5.41, 5.74) is 3.74. The first kappa shape index (κ1) is 42.5. The van der Waals surface area contributed by atoms with Crippen molar-refractivity contribution in [3.05, 3.63) is 47.5 Å². The van der Waals surface area contributed by atoms with Crippen LogP contribution in [-0.4, -0.2) is 101 Å². The van der Waals surface area contributed by atoms with Crippen LogP contribution in [0.2, 0.25) is 0 Å². The maximum atomic E-state index is 14.5. The van der Waals surface area contributed by atoms with Crippen LogP contribution in [0.15, 0.2) is 36.4 Å². The number of ether oxygens (including phenoxy) is 2. The fourth-order valence-electron chi connectivity index (χ4n) is 8.19. The number of nitrogens with one attached hydrogen (secondary N) is 3. The smallest absolute Gasteiger partial charge is 0.306 e. The zero-order chi connectivity index (χ0) is 39.7. The molecule has 2 aromatic carbocycles. The van der Waals surface area contributed by atoms with E-state index in [4.69, 9.17) is 9.57 Å². The van der Waals surface area contributed by atoms with E-state index >= 15 is 0 Å². The predicted molar refractivity (Wildman–Crippen MR) is 208 cm³/mol. The lowest BCUT2D eigenvalue weighted by Gasteiger charge is -2.46. The Morgan fingerprint density at radius 3 is 2.46 bits per heavy atom. The van der Waals surface area contributed by atoms with Gasteiger partial charge in [0.15, 0.2) is 0 Å². The van der Waals surface area contributed by atoms with Crippen LogP contribution < -0.4 is 25.6 Å². The molecule has 1 aliphatic heterocycles. The molecule has 1 aliphatic carbocycles. The second-order valence-corrected chi connectivity index (χ2v) is 15.6. The van der Waals surface area contributed by atoms with E-state index < -0.39 is 24.0 Å². The van der Waals surface area contributed by atoms with Gasteiger partial charge in [0.2, 0.25) is 11.8 Å². The van der Waals surface area contributed by atoms with Crippen molar-refractivity contribution in [1.82, 2.24) is 21.0 Å². The number of hydrogen-bond donors (Lipinski definition) is 4. The van der Waals surface area contributed by atoms with E-state index in [2.05, 4.69) is 48.4 Å². The molecule has 0 radical (unpaired) electrons. The standard InChI is InChI=1S/C41H61N5O8/c1-10-12-29-20-33(25(2)21-41(29,3)4)44-40(51)37-32(24-47)34(22-43-35(48)15-16-36(49)52-8)54-46(37)23-26-13-11-14-31(38(26)53-9)27-17-28(39(50)42-5)19-30(18-27)45(6)7/h11,13-14,17-19,25,29,32-34,37,47H,10,12,15-16,20-24H2,1-9H3,(H,42,50)(H,43,48)(H,44,51)/t25?,29?,32-,33+,34+,37?/m1/s1. The highest BCUT2D eigenvalue weighted by Crippen LogP contribution is 2.46. The van der Waals surface area contributed by atoms with Crippen LogP contribution in [-0.2, 0) is 30.5 Å². The molecule has 4 rings (SSSR count). The van der Waals surface area contributed by atoms with Crippen molar-refractivity contribution in [3.63, 3.8) is 0 Å². The number of amides is 3. The minimum Gasteiger partial charge on any atom is -0.496 e. The summed E-state index contributed by atoms with van der Waals surface area (Å²) < 4.78 is 10.7. The fraction of sp³-hybridized carbons (Fsp3) is 0.610. The summed E-state index contributed by atoms with van der Waals surface area (Å²) in [4.78, 5) is 59.9. The topological polar surface area (TPSA) is 159 Å². The van der Waals surface area contributed by atoms with Gasteiger partial charge >= 0.3 is 5.97 Å². The lowest BCUT2D eigenvalue weighted by atomic mass is 9.62. The van der Waals surface area contributed by atoms with Crippen molar-refractivity contribution in [2.24, 2.45) is 23.2 Å². The van der Waals surface area contributed by atoms with E-state index in [0.717, 1.165) is 48.1 Å². The molecule has 0 bridgehead atoms. The second-order valence-electron chi connectivity index (χ2n) is 15.6. The molecule has 2 fully saturated rings. The van der Waals surface area contributed by atoms with Crippen LogP contribution in [0.25, 0.3) is 11.1 Å². The molecule has 1 heterocycles. The molecule has 3 amide bonds. The number of methoxy groups -OCH3 is 2. The Hall–Kier alpha value is -4.20. The maximum absolute atomic E-state index is 14.5. The summed E-state index contributed by atoms with van der Waals surface area (Å²) in [6.07, 6.45) is 3.14. The summed E-state index contributed by atoms with van der Waals surface area (Å²) in [5.74, 6) is -0.740. The number of aliphatic hydroxyl groups is 1. The van der Waals surface area contributed by atoms with Crippen molar-refractivity contribution in [2.45, 2.75) is 91.0 Å². The number of aliphatic hydroxyl groups excluding tert-OH is 1. The van der Waals surface area contributed by atoms with Gasteiger partial charge in [0.1, 0.15) is 17.9 Å². The van der Waals surface area contributed by atoms with Crippen LogP contribution in [0.3, 0.4) is 0 Å². The number of nitrogens with zero attached hydrogens (tertiary/aromatic N) is 2. The number of hydroxylamine groups is 2. The fourth-order valence-corrected chi connectivity index (χ4v) is 8.19. The molecule has 2 aliphatic rings. The largest absolute Gasteiger partial charge is 0.496 e. The first-order chi connectivity index (χ1) is 25.7. The SMILES string of the molecule is CCCC1C[C@H](NC(=O)C2[C@H](CO)[C@H](CNC(=O)CCC(=O)OC)ON2Cc2cccc(-c3cc(C(=O)NC)cc(N(C)C)c3)c2OC)C(C)CC1(C)C. The zero-order valence-corrected chi connectivity index (χ0v) is 33.5. The van der Waals surface area contributed by atoms with Gasteiger partial charge in [-0.15, -0.1) is 0 Å². The highest BCUT2D eigenvalue weighted by atomic mass is 16.7. The molecule has 4 N–H and O–H groups in total. The Morgan fingerprint density at radius 2 is 1.83 bits per heavy atom. The Balaban J connectivity index is 1.68. The second kappa shape index (κ2) is 18.9. The Morgan fingerprint density at radius 1 is 1.09 bits per heavy atom. The van der Waals surface area contributed by atoms with Gasteiger partial charge in [-0.2, -0.15) is 5.06 Å². The lowest BCUT2D eigenvalue weighted by molar-refractivity contribution is -0.176. The van der Waals surface area contributed by atoms with E-state index in [-0.39, 0.29) is 67.6 Å². The number of anilines is 1. The Labute approximate surface area is 320 Å². The summed E-state index contributed by atoms with van der Waals surface area (Å²) in [7, 11) is 8.25. The molecule has 6 atom stereocenters. The molecule has 1 saturated heterocycles. The summed E-state index contributed by atoms with van der Waals surface area (Å²) >= 11 is 0. The quantitative estimate of drug-likeness (QED) is 0.182. The first-order valence-corrected chi connectivity index (χ1v) is 19.1. The molecule has 0 aromatic heterocycles. The van der Waals surface area contributed by atoms with Crippen molar-refractivity contribution >= 4 is 29.4 Å². The molecular weight excluding hydrogens is 690 g/mol. The van der Waals surface area contributed by atoms with Gasteiger partial charge in [0, 0.05) is 68.4 Å². The minimum atomic E-state index is -0.885. The number of para-hydroxylation sites is 1. The van der Waals surface area contributed by atoms with Crippen molar-refractivity contribution in [3.8, 4) is 16.9 Å². The van der Waals surface area contributed by atoms with Gasteiger partial charge in [0.05, 0.1) is 33.8 Å². The summed E-state index contributed by atoms with van der Waals surface area (Å²) in [6.45, 7) is 8.80. The number of esters is 1. The van der Waals surface area contributed by atoms with Crippen molar-refractivity contribution in [2.75, 3.05) is 53.4 Å². The molecule has 13 nitrogen and oxygen atoms in total. The molecule has 1 saturated carbocycles. The minimum absolute atomic E-state index is 0.0227. The van der Waals surface area contributed by atoms with Gasteiger partial charge in [-0.25, -0.2) is 0 Å². The van der Waals surface area contributed by atoms with Gasteiger partial charge in [-0.3, -0.25) is 24.0 Å². The lowest BCUT2D eigenvalue weighted by Crippen LogP contribution is -2.54. The number of carbonyl (C=O) groups is 4. The zero-order valence-electron chi connectivity index (χ0n) is 33.5. The van der Waals surface area contributed by atoms with Gasteiger partial charge in [0.25, 0.3) is 5.91 Å². The van der Waals surface area contributed by atoms with E-state index in [1.54, 1.807) is 19.2 Å². The Kier molecular flexibility index (Phi) is 14.9. The van der Waals surface area contributed by atoms with Crippen LogP contribution in [0, 0.1) is 23.2 Å². The van der Waals surface area contributed by atoms with E-state index in [1.165, 1.54) is 7.11 Å². The summed E-state index contributed by atoms with van der Waals surface area (Å²) in [6, 6.07) is 10.4. The van der Waals surface area contributed by atoms with Crippen molar-refractivity contribution < 1.29 is 38.6 Å². The molecule has 2 aromatic rings. The summed E-state index contributed by atoms with van der Waals surface area (Å²) in [5, 5.41) is 21.3. The highest BCUT2D eigenvalue weighted by molar-refractivity contribution is 5.97. The monoisotopic (exact) mass is 751 g/mol. The average molecular weight is 752 g/mol. The molecule has 13 heteroatoms. The first-order valence-electron chi connectivity index (χ1n) is 19.1. The third-order valence-electron chi connectivity index (χ3n) is 11.2. The number of benzene rings is 2. The van der Waals surface area contributed by atoms with Crippen LogP contribution >= 0.6 is 0 Å². The number of rotatable bonds is 16. The van der Waals surface area contributed by atoms with Gasteiger partial charge < -0.3 is 35.4 Å². The van der Waals surface area contributed by atoms with Gasteiger partial charge in [-0.1, -0.05) is 58.7 Å². The van der Waals surface area contributed by atoms with Gasteiger partial charge in [-0.05, 0) is 53.9 Å². The maximum Gasteiger partial charge on any atom is 0.306 e. The third kappa shape index (κ3) is 10.1. The van der Waals surface area contributed by atoms with E-state index in [0.29, 0.717) is 17.2 Å². The number of hydrogen-bond acceptors (Lipinski definition) is 10.